The molecule has 32 heavy (non-hydrogen) atoms. The van der Waals surface area contributed by atoms with Gasteiger partial charge in [-0.25, -0.2) is 9.07 Å². The first kappa shape index (κ1) is 21.6. The number of halogens is 4. The normalized spacial score (nSPS) is 14.5. The molecule has 1 saturated heterocycles. The molecule has 168 valence electrons. The molecule has 1 fully saturated rings. The number of hydrogen-bond acceptors (Lipinski definition) is 5. The molecule has 0 saturated carbocycles. The smallest absolute Gasteiger partial charge is 0.435 e. The Morgan fingerprint density at radius 1 is 1.03 bits per heavy atom. The number of alkyl halides is 3. The van der Waals surface area contributed by atoms with Crippen LogP contribution in [0.15, 0.2) is 48.5 Å². The van der Waals surface area contributed by atoms with Crippen molar-refractivity contribution in [1.82, 2.24) is 19.9 Å². The number of amides is 1. The quantitative estimate of drug-likeness (QED) is 0.572. The lowest BCUT2D eigenvalue weighted by atomic mass is 10.2. The van der Waals surface area contributed by atoms with Crippen molar-refractivity contribution in [3.63, 3.8) is 0 Å². The molecule has 1 amide bonds. The van der Waals surface area contributed by atoms with Crippen molar-refractivity contribution in [3.8, 4) is 11.4 Å². The van der Waals surface area contributed by atoms with E-state index in [9.17, 15) is 22.4 Å². The van der Waals surface area contributed by atoms with Crippen LogP contribution in [0, 0.1) is 5.82 Å². The maximum atomic E-state index is 13.8. The minimum Gasteiger partial charge on any atom is -0.495 e. The third-order valence-electron chi connectivity index (χ3n) is 5.19. The van der Waals surface area contributed by atoms with E-state index >= 15 is 0 Å². The Balaban J connectivity index is 1.58. The number of rotatable bonds is 4. The third-order valence-corrected chi connectivity index (χ3v) is 5.19. The zero-order valence-electron chi connectivity index (χ0n) is 17.0. The molecular formula is C21H19F4N5O2. The summed E-state index contributed by atoms with van der Waals surface area (Å²) in [6.07, 6.45) is -4.92. The van der Waals surface area contributed by atoms with Gasteiger partial charge in [0.2, 0.25) is 0 Å². The second-order valence-corrected chi connectivity index (χ2v) is 7.13. The van der Waals surface area contributed by atoms with Crippen LogP contribution in [0.2, 0.25) is 0 Å². The van der Waals surface area contributed by atoms with Crippen LogP contribution in [0.25, 0.3) is 5.69 Å². The molecule has 11 heteroatoms. The number of para-hydroxylation sites is 2. The lowest BCUT2D eigenvalue weighted by molar-refractivity contribution is -0.143. The molecule has 0 bridgehead atoms. The van der Waals surface area contributed by atoms with Gasteiger partial charge in [0.1, 0.15) is 11.6 Å². The molecule has 4 rings (SSSR count). The lowest BCUT2D eigenvalue weighted by Crippen LogP contribution is -2.49. The maximum Gasteiger partial charge on any atom is 0.435 e. The largest absolute Gasteiger partial charge is 0.495 e. The van der Waals surface area contributed by atoms with Crippen molar-refractivity contribution in [3.05, 3.63) is 65.7 Å². The summed E-state index contributed by atoms with van der Waals surface area (Å²) < 4.78 is 60.8. The summed E-state index contributed by atoms with van der Waals surface area (Å²) in [4.78, 5) is 16.2. The number of hydrogen-bond donors (Lipinski definition) is 0. The Morgan fingerprint density at radius 3 is 2.41 bits per heavy atom. The van der Waals surface area contributed by atoms with Gasteiger partial charge in [0, 0.05) is 26.2 Å². The van der Waals surface area contributed by atoms with Gasteiger partial charge in [-0.15, -0.1) is 5.10 Å². The van der Waals surface area contributed by atoms with Crippen LogP contribution in [0.5, 0.6) is 5.75 Å². The molecule has 1 aromatic heterocycles. The van der Waals surface area contributed by atoms with Crippen LogP contribution in [-0.2, 0) is 6.18 Å². The van der Waals surface area contributed by atoms with Gasteiger partial charge in [-0.3, -0.25) is 4.79 Å². The van der Waals surface area contributed by atoms with Gasteiger partial charge < -0.3 is 14.5 Å². The van der Waals surface area contributed by atoms with Crippen molar-refractivity contribution in [2.45, 2.75) is 6.18 Å². The van der Waals surface area contributed by atoms with E-state index in [1.807, 2.05) is 29.2 Å². The van der Waals surface area contributed by atoms with Crippen LogP contribution in [-0.4, -0.2) is 59.1 Å². The Bertz CT molecular complexity index is 1120. The summed E-state index contributed by atoms with van der Waals surface area (Å²) in [6, 6.07) is 11.9. The first-order valence-corrected chi connectivity index (χ1v) is 9.75. The highest BCUT2D eigenvalue weighted by Gasteiger charge is 2.43. The average Bonchev–Trinajstić information content (AvgIpc) is 3.25. The molecule has 1 aliphatic heterocycles. The number of anilines is 1. The Hall–Kier alpha value is -3.63. The van der Waals surface area contributed by atoms with Crippen molar-refractivity contribution < 1.29 is 27.1 Å². The van der Waals surface area contributed by atoms with E-state index < -0.39 is 29.3 Å². The zero-order valence-corrected chi connectivity index (χ0v) is 17.0. The molecule has 0 aliphatic carbocycles. The van der Waals surface area contributed by atoms with Gasteiger partial charge in [0.25, 0.3) is 5.91 Å². The SMILES string of the molecule is COc1ccccc1N1CCN(C(=O)c2nnn(-c3cccc(F)c3)c2C(F)(F)F)CC1. The predicted molar refractivity (Wildman–Crippen MR) is 107 cm³/mol. The average molecular weight is 449 g/mol. The minimum atomic E-state index is -4.92. The highest BCUT2D eigenvalue weighted by atomic mass is 19.4. The molecule has 2 heterocycles. The van der Waals surface area contributed by atoms with E-state index in [2.05, 4.69) is 10.3 Å². The molecule has 2 aromatic carbocycles. The van der Waals surface area contributed by atoms with Gasteiger partial charge in [-0.05, 0) is 30.3 Å². The number of piperazine rings is 1. The lowest BCUT2D eigenvalue weighted by Gasteiger charge is -2.36. The number of carbonyl (C=O) groups is 1. The van der Waals surface area contributed by atoms with Crippen LogP contribution in [0.1, 0.15) is 16.2 Å². The first-order valence-electron chi connectivity index (χ1n) is 9.75. The molecular weight excluding hydrogens is 430 g/mol. The van der Waals surface area contributed by atoms with Gasteiger partial charge >= 0.3 is 6.18 Å². The number of nitrogens with zero attached hydrogens (tertiary/aromatic N) is 5. The summed E-state index contributed by atoms with van der Waals surface area (Å²) in [5.74, 6) is -0.934. The molecule has 0 unspecified atom stereocenters. The second kappa shape index (κ2) is 8.48. The molecule has 3 aromatic rings. The monoisotopic (exact) mass is 449 g/mol. The van der Waals surface area contributed by atoms with Gasteiger partial charge in [-0.2, -0.15) is 13.2 Å². The molecule has 0 spiro atoms. The fraction of sp³-hybridized carbons (Fsp3) is 0.286. The summed E-state index contributed by atoms with van der Waals surface area (Å²) >= 11 is 0. The Kier molecular flexibility index (Phi) is 5.72. The van der Waals surface area contributed by atoms with Crippen molar-refractivity contribution in [2.75, 3.05) is 38.2 Å². The highest BCUT2D eigenvalue weighted by molar-refractivity contribution is 5.93. The van der Waals surface area contributed by atoms with E-state index in [1.165, 1.54) is 17.0 Å². The predicted octanol–water partition coefficient (Wildman–Crippen LogP) is 3.40. The Labute approximate surface area is 180 Å². The van der Waals surface area contributed by atoms with Crippen molar-refractivity contribution in [2.24, 2.45) is 0 Å². The van der Waals surface area contributed by atoms with E-state index in [4.69, 9.17) is 4.74 Å². The van der Waals surface area contributed by atoms with Gasteiger partial charge in [0.15, 0.2) is 11.4 Å². The van der Waals surface area contributed by atoms with Crippen LogP contribution in [0.4, 0.5) is 23.2 Å². The highest BCUT2D eigenvalue weighted by Crippen LogP contribution is 2.34. The van der Waals surface area contributed by atoms with Crippen molar-refractivity contribution >= 4 is 11.6 Å². The topological polar surface area (TPSA) is 63.5 Å². The fourth-order valence-corrected chi connectivity index (χ4v) is 3.66. The molecule has 7 nitrogen and oxygen atoms in total. The van der Waals surface area contributed by atoms with E-state index in [1.54, 1.807) is 7.11 Å². The number of ether oxygens (including phenoxy) is 1. The summed E-state index contributed by atoms with van der Waals surface area (Å²) in [5, 5.41) is 7.01. The fourth-order valence-electron chi connectivity index (χ4n) is 3.66. The second-order valence-electron chi connectivity index (χ2n) is 7.13. The Morgan fingerprint density at radius 2 is 1.75 bits per heavy atom. The van der Waals surface area contributed by atoms with E-state index in [0.29, 0.717) is 23.5 Å². The standard InChI is InChI=1S/C21H19F4N5O2/c1-32-17-8-3-2-7-16(17)28-9-11-29(12-10-28)20(31)18-19(21(23,24)25)30(27-26-18)15-6-4-5-14(22)13-15/h2-8,13H,9-12H2,1H3. The summed E-state index contributed by atoms with van der Waals surface area (Å²) in [5.41, 5.74) is -1.48. The molecule has 0 N–H and O–H groups in total. The van der Waals surface area contributed by atoms with E-state index in [0.717, 1.165) is 17.8 Å². The third kappa shape index (κ3) is 4.10. The van der Waals surface area contributed by atoms with Gasteiger partial charge in [0.05, 0.1) is 18.5 Å². The van der Waals surface area contributed by atoms with E-state index in [-0.39, 0.29) is 18.8 Å². The number of methoxy groups -OCH3 is 1. The van der Waals surface area contributed by atoms with Crippen molar-refractivity contribution in [1.29, 1.82) is 0 Å². The molecule has 1 aliphatic rings. The zero-order chi connectivity index (χ0) is 22.9. The van der Waals surface area contributed by atoms with Crippen LogP contribution in [0.3, 0.4) is 0 Å². The number of aromatic nitrogens is 3. The first-order chi connectivity index (χ1) is 15.3. The van der Waals surface area contributed by atoms with Crippen LogP contribution >= 0.6 is 0 Å². The van der Waals surface area contributed by atoms with Gasteiger partial charge in [-0.1, -0.05) is 23.4 Å². The maximum absolute atomic E-state index is 13.8. The van der Waals surface area contributed by atoms with Crippen LogP contribution < -0.4 is 9.64 Å². The number of carbonyl (C=O) groups excluding carboxylic acids is 1. The molecule has 0 radical (unpaired) electrons. The number of benzene rings is 2. The minimum absolute atomic E-state index is 0.176. The molecule has 0 atom stereocenters. The summed E-state index contributed by atoms with van der Waals surface area (Å²) in [7, 11) is 1.55. The summed E-state index contributed by atoms with van der Waals surface area (Å²) in [6.45, 7) is 1.21.